The topological polar surface area (TPSA) is 80.3 Å². The quantitative estimate of drug-likeness (QED) is 0.826. The monoisotopic (exact) mass is 265 g/mol. The first-order valence-electron chi connectivity index (χ1n) is 5.16. The minimum atomic E-state index is -0.505. The fourth-order valence-electron chi connectivity index (χ4n) is 1.29. The van der Waals surface area contributed by atoms with E-state index in [1.54, 1.807) is 0 Å². The van der Waals surface area contributed by atoms with Crippen molar-refractivity contribution in [3.05, 3.63) is 24.3 Å². The van der Waals surface area contributed by atoms with Gasteiger partial charge in [-0.2, -0.15) is 0 Å². The molecule has 0 fully saturated rings. The molecule has 2 rings (SSSR count). The van der Waals surface area contributed by atoms with Gasteiger partial charge in [-0.25, -0.2) is 9.78 Å². The van der Waals surface area contributed by atoms with Gasteiger partial charge in [0.1, 0.15) is 6.54 Å². The van der Waals surface area contributed by atoms with E-state index in [0.29, 0.717) is 5.13 Å². The van der Waals surface area contributed by atoms with Crippen LogP contribution < -0.4 is 10.6 Å². The molecule has 0 aliphatic rings. The number of ether oxygens (including phenoxy) is 1. The van der Waals surface area contributed by atoms with Crippen LogP contribution in [0.4, 0.5) is 9.93 Å². The standard InChI is InChI=1S/C11H11N3O3S/c1-17-9(15)6-12-10(16)14-11-13-7-4-2-3-5-8(7)18-11/h2-5H,6H2,1H3,(H2,12,13,14,16). The van der Waals surface area contributed by atoms with Crippen molar-refractivity contribution < 1.29 is 14.3 Å². The highest BCUT2D eigenvalue weighted by atomic mass is 32.1. The molecule has 0 spiro atoms. The number of amides is 2. The number of methoxy groups -OCH3 is 1. The number of carbonyl (C=O) groups is 2. The first kappa shape index (κ1) is 12.3. The van der Waals surface area contributed by atoms with Crippen LogP contribution in [0.1, 0.15) is 0 Å². The van der Waals surface area contributed by atoms with Crippen molar-refractivity contribution in [3.63, 3.8) is 0 Å². The number of benzene rings is 1. The molecule has 18 heavy (non-hydrogen) atoms. The van der Waals surface area contributed by atoms with Crippen LogP contribution in [-0.2, 0) is 9.53 Å². The van der Waals surface area contributed by atoms with Crippen LogP contribution in [0.25, 0.3) is 10.2 Å². The van der Waals surface area contributed by atoms with E-state index in [-0.39, 0.29) is 6.54 Å². The van der Waals surface area contributed by atoms with Gasteiger partial charge in [0.2, 0.25) is 0 Å². The van der Waals surface area contributed by atoms with Crippen molar-refractivity contribution in [2.45, 2.75) is 0 Å². The second-order valence-electron chi connectivity index (χ2n) is 3.37. The number of aromatic nitrogens is 1. The zero-order valence-electron chi connectivity index (χ0n) is 9.60. The highest BCUT2D eigenvalue weighted by Gasteiger charge is 2.08. The first-order chi connectivity index (χ1) is 8.69. The Morgan fingerprint density at radius 2 is 2.17 bits per heavy atom. The Balaban J connectivity index is 1.96. The molecule has 94 valence electrons. The lowest BCUT2D eigenvalue weighted by molar-refractivity contribution is -0.139. The summed E-state index contributed by atoms with van der Waals surface area (Å²) >= 11 is 1.37. The molecule has 0 saturated carbocycles. The summed E-state index contributed by atoms with van der Waals surface area (Å²) in [5, 5.41) is 5.41. The van der Waals surface area contributed by atoms with E-state index in [4.69, 9.17) is 0 Å². The molecule has 7 heteroatoms. The molecule has 2 amide bonds. The van der Waals surface area contributed by atoms with Crippen LogP contribution in [-0.4, -0.2) is 30.6 Å². The number of nitrogens with one attached hydrogen (secondary N) is 2. The number of urea groups is 1. The van der Waals surface area contributed by atoms with Crippen LogP contribution >= 0.6 is 11.3 Å². The molecule has 1 aromatic carbocycles. The molecule has 0 saturated heterocycles. The SMILES string of the molecule is COC(=O)CNC(=O)Nc1nc2ccccc2s1. The summed E-state index contributed by atoms with van der Waals surface area (Å²) in [5.74, 6) is -0.505. The van der Waals surface area contributed by atoms with E-state index in [1.165, 1.54) is 18.4 Å². The number of anilines is 1. The Labute approximate surface area is 107 Å². The third-order valence-electron chi connectivity index (χ3n) is 2.14. The van der Waals surface area contributed by atoms with Crippen molar-refractivity contribution >= 4 is 38.7 Å². The molecule has 0 aliphatic heterocycles. The largest absolute Gasteiger partial charge is 0.468 e. The number of nitrogens with zero attached hydrogens (tertiary/aromatic N) is 1. The van der Waals surface area contributed by atoms with Gasteiger partial charge in [0.25, 0.3) is 0 Å². The number of esters is 1. The van der Waals surface area contributed by atoms with E-state index >= 15 is 0 Å². The second kappa shape index (κ2) is 5.46. The summed E-state index contributed by atoms with van der Waals surface area (Å²) in [6, 6.07) is 7.08. The maximum absolute atomic E-state index is 11.4. The summed E-state index contributed by atoms with van der Waals surface area (Å²) in [4.78, 5) is 26.5. The molecule has 0 aliphatic carbocycles. The molecular formula is C11H11N3O3S. The summed E-state index contributed by atoms with van der Waals surface area (Å²) in [5.41, 5.74) is 0.825. The third kappa shape index (κ3) is 2.95. The van der Waals surface area contributed by atoms with Crippen LogP contribution in [0.3, 0.4) is 0 Å². The number of carbonyl (C=O) groups excluding carboxylic acids is 2. The molecule has 0 radical (unpaired) electrons. The van der Waals surface area contributed by atoms with E-state index in [9.17, 15) is 9.59 Å². The number of fused-ring (bicyclic) bond motifs is 1. The predicted molar refractivity (Wildman–Crippen MR) is 68.7 cm³/mol. The number of hydrogen-bond donors (Lipinski definition) is 2. The van der Waals surface area contributed by atoms with Gasteiger partial charge in [0, 0.05) is 0 Å². The Bertz CT molecular complexity index is 549. The Kier molecular flexibility index (Phi) is 3.73. The van der Waals surface area contributed by atoms with E-state index in [0.717, 1.165) is 10.2 Å². The lowest BCUT2D eigenvalue weighted by Crippen LogP contribution is -2.33. The normalized spacial score (nSPS) is 10.1. The smallest absolute Gasteiger partial charge is 0.325 e. The zero-order valence-corrected chi connectivity index (χ0v) is 10.4. The van der Waals surface area contributed by atoms with Gasteiger partial charge in [-0.3, -0.25) is 10.1 Å². The minimum Gasteiger partial charge on any atom is -0.468 e. The number of rotatable bonds is 3. The molecule has 0 bridgehead atoms. The highest BCUT2D eigenvalue weighted by molar-refractivity contribution is 7.22. The third-order valence-corrected chi connectivity index (χ3v) is 3.09. The second-order valence-corrected chi connectivity index (χ2v) is 4.40. The zero-order chi connectivity index (χ0) is 13.0. The van der Waals surface area contributed by atoms with E-state index in [2.05, 4.69) is 20.4 Å². The Morgan fingerprint density at radius 1 is 1.39 bits per heavy atom. The lowest BCUT2D eigenvalue weighted by atomic mass is 10.3. The average Bonchev–Trinajstić information content (AvgIpc) is 2.77. The first-order valence-corrected chi connectivity index (χ1v) is 5.98. The van der Waals surface area contributed by atoms with Crippen molar-refractivity contribution in [3.8, 4) is 0 Å². The van der Waals surface area contributed by atoms with Crippen LogP contribution in [0.15, 0.2) is 24.3 Å². The van der Waals surface area contributed by atoms with E-state index < -0.39 is 12.0 Å². The highest BCUT2D eigenvalue weighted by Crippen LogP contribution is 2.24. The van der Waals surface area contributed by atoms with Crippen molar-refractivity contribution in [2.75, 3.05) is 19.0 Å². The number of para-hydroxylation sites is 1. The van der Waals surface area contributed by atoms with Gasteiger partial charge in [-0.15, -0.1) is 0 Å². The molecule has 1 aromatic heterocycles. The summed E-state index contributed by atoms with van der Waals surface area (Å²) < 4.78 is 5.39. The molecule has 2 N–H and O–H groups in total. The van der Waals surface area contributed by atoms with Crippen molar-refractivity contribution in [1.82, 2.24) is 10.3 Å². The van der Waals surface area contributed by atoms with Gasteiger partial charge < -0.3 is 10.1 Å². The molecule has 0 atom stereocenters. The van der Waals surface area contributed by atoms with Gasteiger partial charge in [0.15, 0.2) is 5.13 Å². The fourth-order valence-corrected chi connectivity index (χ4v) is 2.15. The minimum absolute atomic E-state index is 0.173. The van der Waals surface area contributed by atoms with Gasteiger partial charge >= 0.3 is 12.0 Å². The molecule has 0 unspecified atom stereocenters. The summed E-state index contributed by atoms with van der Waals surface area (Å²) in [6.45, 7) is -0.173. The fraction of sp³-hybridized carbons (Fsp3) is 0.182. The number of hydrogen-bond acceptors (Lipinski definition) is 5. The molecule has 1 heterocycles. The van der Waals surface area contributed by atoms with Crippen LogP contribution in [0.5, 0.6) is 0 Å². The number of thiazole rings is 1. The summed E-state index contributed by atoms with van der Waals surface area (Å²) in [7, 11) is 1.26. The maximum atomic E-state index is 11.4. The molecule has 2 aromatic rings. The van der Waals surface area contributed by atoms with Crippen LogP contribution in [0, 0.1) is 0 Å². The average molecular weight is 265 g/mol. The van der Waals surface area contributed by atoms with Gasteiger partial charge in [-0.05, 0) is 12.1 Å². The predicted octanol–water partition coefficient (Wildman–Crippen LogP) is 1.59. The van der Waals surface area contributed by atoms with Gasteiger partial charge in [0.05, 0.1) is 17.3 Å². The maximum Gasteiger partial charge on any atom is 0.325 e. The van der Waals surface area contributed by atoms with Crippen molar-refractivity contribution in [2.24, 2.45) is 0 Å². The van der Waals surface area contributed by atoms with Crippen molar-refractivity contribution in [1.29, 1.82) is 0 Å². The summed E-state index contributed by atoms with van der Waals surface area (Å²) in [6.07, 6.45) is 0. The molecule has 6 nitrogen and oxygen atoms in total. The Morgan fingerprint density at radius 3 is 2.89 bits per heavy atom. The molecular weight excluding hydrogens is 254 g/mol. The van der Waals surface area contributed by atoms with Gasteiger partial charge in [-0.1, -0.05) is 23.5 Å². The van der Waals surface area contributed by atoms with E-state index in [1.807, 2.05) is 24.3 Å². The lowest BCUT2D eigenvalue weighted by Gasteiger charge is -2.03. The Hall–Kier alpha value is -2.15. The van der Waals surface area contributed by atoms with Crippen LogP contribution in [0.2, 0.25) is 0 Å².